The van der Waals surface area contributed by atoms with E-state index in [-0.39, 0.29) is 32.2 Å². The van der Waals surface area contributed by atoms with Crippen LogP contribution in [-0.2, 0) is 29.7 Å². The van der Waals surface area contributed by atoms with E-state index in [9.17, 15) is 4.79 Å². The summed E-state index contributed by atoms with van der Waals surface area (Å²) in [7, 11) is 0. The van der Waals surface area contributed by atoms with Crippen LogP contribution < -0.4 is 0 Å². The van der Waals surface area contributed by atoms with Crippen molar-refractivity contribution in [2.75, 3.05) is 6.54 Å². The van der Waals surface area contributed by atoms with E-state index in [1.165, 1.54) is 0 Å². The zero-order valence-electron chi connectivity index (χ0n) is 6.09. The molecule has 0 aliphatic rings. The van der Waals surface area contributed by atoms with Gasteiger partial charge in [0.05, 0.1) is 0 Å². The van der Waals surface area contributed by atoms with Crippen LogP contribution in [0, 0.1) is 0 Å². The van der Waals surface area contributed by atoms with E-state index in [2.05, 4.69) is 10.3 Å². The molecule has 0 heterocycles. The summed E-state index contributed by atoms with van der Waals surface area (Å²) < 4.78 is 0. The molecule has 0 aromatic carbocycles. The smallest absolute Gasteiger partial charge is 0.290 e. The van der Waals surface area contributed by atoms with Gasteiger partial charge in [-0.05, 0) is 0 Å². The van der Waals surface area contributed by atoms with Crippen LogP contribution in [0.2, 0.25) is 0 Å². The van der Waals surface area contributed by atoms with Gasteiger partial charge in [-0.1, -0.05) is 13.8 Å². The first-order valence-electron chi connectivity index (χ1n) is 2.67. The molecule has 0 saturated carbocycles. The van der Waals surface area contributed by atoms with Gasteiger partial charge in [0.2, 0.25) is 0 Å². The standard InChI is InChI=1S/C5H10NO2.Ir.H2N/c1-3-5(7)8-6-4-2;;/h3-4H2,1-2H3;;1H2/q-1;;-1. The average molecular weight is 324 g/mol. The molecule has 0 spiro atoms. The first-order valence-corrected chi connectivity index (χ1v) is 2.67. The molecule has 10 heavy (non-hydrogen) atoms. The van der Waals surface area contributed by atoms with Crippen LogP contribution in [0.4, 0.5) is 0 Å². The second-order valence-electron chi connectivity index (χ2n) is 1.26. The van der Waals surface area contributed by atoms with Crippen molar-refractivity contribution in [1.29, 1.82) is 0 Å². The van der Waals surface area contributed by atoms with Crippen molar-refractivity contribution >= 4 is 5.97 Å². The van der Waals surface area contributed by atoms with Crippen molar-refractivity contribution < 1.29 is 29.7 Å². The Hall–Kier alpha value is 0.0394. The molecule has 0 aliphatic carbocycles. The summed E-state index contributed by atoms with van der Waals surface area (Å²) in [6.07, 6.45) is 0.392. The Balaban J connectivity index is -0.000000245. The van der Waals surface area contributed by atoms with Gasteiger partial charge in [-0.2, -0.15) is 0 Å². The third-order valence-corrected chi connectivity index (χ3v) is 0.584. The molecular formula is C5H12IrN2O2-2. The second-order valence-corrected chi connectivity index (χ2v) is 1.26. The molecule has 0 aliphatic heterocycles. The summed E-state index contributed by atoms with van der Waals surface area (Å²) in [5.74, 6) is -0.271. The molecule has 4 nitrogen and oxygen atoms in total. The molecule has 0 aromatic rings. The Labute approximate surface area is 74.6 Å². The van der Waals surface area contributed by atoms with Crippen LogP contribution in [0.5, 0.6) is 0 Å². The minimum Gasteiger partial charge on any atom is -0.693 e. The third-order valence-electron chi connectivity index (χ3n) is 0.584. The zero-order chi connectivity index (χ0) is 6.41. The number of hydroxylamine groups is 1. The van der Waals surface area contributed by atoms with Gasteiger partial charge in [0.1, 0.15) is 0 Å². The molecule has 65 valence electrons. The molecule has 0 aromatic heterocycles. The molecule has 0 bridgehead atoms. The summed E-state index contributed by atoms with van der Waals surface area (Å²) in [6, 6.07) is 0. The maximum absolute atomic E-state index is 10.3. The number of rotatable bonds is 3. The fourth-order valence-corrected chi connectivity index (χ4v) is 0.201. The molecule has 0 fully saturated rings. The predicted molar refractivity (Wildman–Crippen MR) is 35.6 cm³/mol. The average Bonchev–Trinajstić information content (AvgIpc) is 1.83. The molecule has 0 rings (SSSR count). The third kappa shape index (κ3) is 10.9. The molecule has 5 heteroatoms. The topological polar surface area (TPSA) is 73.9 Å². The Morgan fingerprint density at radius 2 is 2.00 bits per heavy atom. The van der Waals surface area contributed by atoms with E-state index in [1.807, 2.05) is 6.92 Å². The number of hydrogen-bond donors (Lipinski definition) is 0. The molecule has 0 amide bonds. The summed E-state index contributed by atoms with van der Waals surface area (Å²) in [5, 5.41) is 0. The van der Waals surface area contributed by atoms with Crippen LogP contribution in [-0.4, -0.2) is 12.5 Å². The summed E-state index contributed by atoms with van der Waals surface area (Å²) in [6.45, 7) is 4.07. The maximum atomic E-state index is 10.3. The van der Waals surface area contributed by atoms with Crippen molar-refractivity contribution in [1.82, 2.24) is 0 Å². The van der Waals surface area contributed by atoms with Crippen LogP contribution >= 0.6 is 0 Å². The fourth-order valence-electron chi connectivity index (χ4n) is 0.201. The van der Waals surface area contributed by atoms with Crippen LogP contribution in [0.3, 0.4) is 0 Å². The van der Waals surface area contributed by atoms with Gasteiger partial charge in [-0.25, -0.2) is 0 Å². The molecular weight excluding hydrogens is 312 g/mol. The number of nitrogens with two attached hydrogens (primary N) is 1. The molecule has 0 saturated heterocycles. The molecule has 1 radical (unpaired) electrons. The van der Waals surface area contributed by atoms with E-state index < -0.39 is 0 Å². The zero-order valence-corrected chi connectivity index (χ0v) is 8.48. The van der Waals surface area contributed by atoms with Gasteiger partial charge in [-0.15, -0.1) is 6.54 Å². The van der Waals surface area contributed by atoms with Gasteiger partial charge >= 0.3 is 0 Å². The number of carbonyl (C=O) groups excluding carboxylic acids is 1. The minimum atomic E-state index is -0.271. The number of nitrogens with zero attached hydrogens (tertiary/aromatic N) is 1. The van der Waals surface area contributed by atoms with E-state index in [4.69, 9.17) is 0 Å². The van der Waals surface area contributed by atoms with Crippen LogP contribution in [0.25, 0.3) is 11.6 Å². The quantitative estimate of drug-likeness (QED) is 0.744. The van der Waals surface area contributed by atoms with Gasteiger partial charge in [0.25, 0.3) is 5.97 Å². The first kappa shape index (κ1) is 16.6. The van der Waals surface area contributed by atoms with E-state index in [0.29, 0.717) is 13.0 Å². The number of carbonyl (C=O) groups is 1. The minimum absolute atomic E-state index is 0. The molecule has 0 unspecified atom stereocenters. The largest absolute Gasteiger partial charge is 0.693 e. The SMILES string of the molecule is CC[N-]OC(=O)CC.[Ir].[NH2-]. The Bertz CT molecular complexity index is 80.0. The van der Waals surface area contributed by atoms with E-state index in [0.717, 1.165) is 0 Å². The fraction of sp³-hybridized carbons (Fsp3) is 0.800. The van der Waals surface area contributed by atoms with Gasteiger partial charge in [-0.3, -0.25) is 4.79 Å². The van der Waals surface area contributed by atoms with Gasteiger partial charge in [0.15, 0.2) is 0 Å². The van der Waals surface area contributed by atoms with Crippen molar-refractivity contribution in [3.05, 3.63) is 11.6 Å². The van der Waals surface area contributed by atoms with E-state index >= 15 is 0 Å². The van der Waals surface area contributed by atoms with Crippen molar-refractivity contribution in [2.24, 2.45) is 0 Å². The van der Waals surface area contributed by atoms with Crippen LogP contribution in [0.1, 0.15) is 20.3 Å². The van der Waals surface area contributed by atoms with Crippen molar-refractivity contribution in [3.63, 3.8) is 0 Å². The monoisotopic (exact) mass is 325 g/mol. The Kier molecular flexibility index (Phi) is 19.5. The normalized spacial score (nSPS) is 7.00. The van der Waals surface area contributed by atoms with Gasteiger partial charge < -0.3 is 16.5 Å². The molecule has 0 atom stereocenters. The summed E-state index contributed by atoms with van der Waals surface area (Å²) >= 11 is 0. The Morgan fingerprint density at radius 1 is 1.50 bits per heavy atom. The Morgan fingerprint density at radius 3 is 2.30 bits per heavy atom. The van der Waals surface area contributed by atoms with Crippen molar-refractivity contribution in [2.45, 2.75) is 20.3 Å². The van der Waals surface area contributed by atoms with E-state index in [1.54, 1.807) is 6.92 Å². The maximum Gasteiger partial charge on any atom is 0.290 e. The summed E-state index contributed by atoms with van der Waals surface area (Å²) in [4.78, 5) is 14.6. The second kappa shape index (κ2) is 11.8. The molecule has 2 N–H and O–H groups in total. The number of hydrogen-bond acceptors (Lipinski definition) is 2. The summed E-state index contributed by atoms with van der Waals surface area (Å²) in [5.41, 5.74) is 3.39. The first-order chi connectivity index (χ1) is 3.81. The van der Waals surface area contributed by atoms with Crippen molar-refractivity contribution in [3.8, 4) is 0 Å². The van der Waals surface area contributed by atoms with Crippen LogP contribution in [0.15, 0.2) is 0 Å². The van der Waals surface area contributed by atoms with Gasteiger partial charge in [0, 0.05) is 26.5 Å². The predicted octanol–water partition coefficient (Wildman–Crippen LogP) is 1.96.